The molecule has 1 amide bonds. The van der Waals surface area contributed by atoms with Crippen molar-refractivity contribution < 1.29 is 24.4 Å². The van der Waals surface area contributed by atoms with Gasteiger partial charge >= 0.3 is 13.1 Å². The Kier molecular flexibility index (Phi) is 4.92. The third-order valence-electron chi connectivity index (χ3n) is 3.85. The van der Waals surface area contributed by atoms with Crippen molar-refractivity contribution in [1.29, 1.82) is 0 Å². The van der Waals surface area contributed by atoms with E-state index in [0.29, 0.717) is 16.3 Å². The molecule has 0 saturated carbocycles. The smallest absolute Gasteiger partial charge is 0.534 e. The van der Waals surface area contributed by atoms with E-state index in [4.69, 9.17) is 16.3 Å². The summed E-state index contributed by atoms with van der Waals surface area (Å²) in [5, 5.41) is 22.3. The van der Waals surface area contributed by atoms with Gasteiger partial charge in [-0.3, -0.25) is 4.79 Å². The van der Waals surface area contributed by atoms with Crippen molar-refractivity contribution in [3.8, 4) is 5.75 Å². The zero-order chi connectivity index (χ0) is 18.0. The van der Waals surface area contributed by atoms with E-state index in [1.165, 1.54) is 12.3 Å². The molecule has 0 bridgehead atoms. The Morgan fingerprint density at radius 3 is 2.84 bits per heavy atom. The summed E-state index contributed by atoms with van der Waals surface area (Å²) in [6.07, 6.45) is 1.85. The van der Waals surface area contributed by atoms with Crippen LogP contribution in [-0.2, 0) is 17.6 Å². The second-order valence-electron chi connectivity index (χ2n) is 5.65. The van der Waals surface area contributed by atoms with Gasteiger partial charge in [0.25, 0.3) is 0 Å². The first-order valence-electron chi connectivity index (χ1n) is 7.53. The highest BCUT2D eigenvalue weighted by molar-refractivity contribution is 6.47. The van der Waals surface area contributed by atoms with Gasteiger partial charge in [0.2, 0.25) is 5.91 Å². The number of carboxylic acid groups (broad SMARTS) is 1. The predicted molar refractivity (Wildman–Crippen MR) is 90.6 cm³/mol. The molecule has 1 atom stereocenters. The molecule has 0 aliphatic carbocycles. The monoisotopic (exact) mass is 360 g/mol. The number of nitrogens with one attached hydrogen (secondary N) is 1. The minimum atomic E-state index is -1.33. The number of carboxylic acids is 1. The number of carbonyl (C=O) groups excluding carboxylic acids is 1. The number of halogens is 1. The first-order chi connectivity index (χ1) is 11.9. The number of hydrogen-bond donors (Lipinski definition) is 3. The van der Waals surface area contributed by atoms with Crippen molar-refractivity contribution in [3.63, 3.8) is 0 Å². The third-order valence-corrected chi connectivity index (χ3v) is 4.07. The fourth-order valence-corrected chi connectivity index (χ4v) is 2.78. The van der Waals surface area contributed by atoms with E-state index in [1.807, 2.05) is 0 Å². The number of aromatic nitrogens is 1. The van der Waals surface area contributed by atoms with Crippen LogP contribution in [0.2, 0.25) is 5.15 Å². The zero-order valence-corrected chi connectivity index (χ0v) is 13.7. The van der Waals surface area contributed by atoms with Crippen LogP contribution in [0.4, 0.5) is 0 Å². The molecular formula is C16H14BClN2O5. The molecule has 1 aromatic heterocycles. The molecule has 0 radical (unpaired) electrons. The normalized spacial score (nSPS) is 15.9. The van der Waals surface area contributed by atoms with Gasteiger partial charge in [-0.2, -0.15) is 0 Å². The van der Waals surface area contributed by atoms with Crippen LogP contribution in [0.1, 0.15) is 21.5 Å². The third kappa shape index (κ3) is 3.92. The molecule has 1 unspecified atom stereocenters. The number of amides is 1. The lowest BCUT2D eigenvalue weighted by Gasteiger charge is -2.28. The van der Waals surface area contributed by atoms with Crippen molar-refractivity contribution in [3.05, 3.63) is 58.4 Å². The maximum atomic E-state index is 12.2. The molecule has 1 aliphatic heterocycles. The molecule has 128 valence electrons. The van der Waals surface area contributed by atoms with Gasteiger partial charge in [0.1, 0.15) is 10.9 Å². The number of fused-ring (bicyclic) bond motifs is 1. The molecule has 3 rings (SSSR count). The Balaban J connectivity index is 1.70. The molecule has 25 heavy (non-hydrogen) atoms. The molecule has 7 nitrogen and oxygen atoms in total. The summed E-state index contributed by atoms with van der Waals surface area (Å²) >= 11 is 5.70. The largest absolute Gasteiger partial charge is 0.547 e. The Hall–Kier alpha value is -2.58. The minimum absolute atomic E-state index is 0.0198. The summed E-state index contributed by atoms with van der Waals surface area (Å²) in [4.78, 5) is 27.3. The average molecular weight is 361 g/mol. The lowest BCUT2D eigenvalue weighted by molar-refractivity contribution is -0.120. The summed E-state index contributed by atoms with van der Waals surface area (Å²) in [7, 11) is -1.33. The Bertz CT molecular complexity index is 815. The zero-order valence-electron chi connectivity index (χ0n) is 13.0. The number of para-hydroxylation sites is 1. The summed E-state index contributed by atoms with van der Waals surface area (Å²) in [5.41, 5.74) is 1.28. The molecule has 1 aromatic carbocycles. The standard InChI is InChI=1S/C16H14BClN2O5/c18-13-5-4-9(8-19-13)6-14(21)20-12-7-10-2-1-3-11(16(22)23)15(10)25-17(12)24/h1-5,8,12,24H,6-7H2,(H,20,21)(H,22,23). The van der Waals surface area contributed by atoms with Crippen molar-refractivity contribution >= 4 is 30.6 Å². The fraction of sp³-hybridized carbons (Fsp3) is 0.188. The number of carbonyl (C=O) groups is 2. The van der Waals surface area contributed by atoms with Gasteiger partial charge in [0, 0.05) is 6.20 Å². The number of rotatable bonds is 4. The maximum Gasteiger partial charge on any atom is 0.547 e. The highest BCUT2D eigenvalue weighted by Gasteiger charge is 2.37. The van der Waals surface area contributed by atoms with Crippen molar-refractivity contribution in [2.24, 2.45) is 0 Å². The van der Waals surface area contributed by atoms with Crippen LogP contribution in [0.25, 0.3) is 0 Å². The van der Waals surface area contributed by atoms with Crippen molar-refractivity contribution in [2.45, 2.75) is 18.8 Å². The molecule has 3 N–H and O–H groups in total. The summed E-state index contributed by atoms with van der Waals surface area (Å²) < 4.78 is 5.33. The summed E-state index contributed by atoms with van der Waals surface area (Å²) in [5.74, 6) is -1.99. The molecule has 1 aliphatic rings. The van der Waals surface area contributed by atoms with Crippen LogP contribution < -0.4 is 9.97 Å². The van der Waals surface area contributed by atoms with E-state index in [-0.39, 0.29) is 30.1 Å². The molecule has 2 heterocycles. The highest BCUT2D eigenvalue weighted by Crippen LogP contribution is 2.30. The van der Waals surface area contributed by atoms with E-state index < -0.39 is 19.0 Å². The quantitative estimate of drug-likeness (QED) is 0.557. The highest BCUT2D eigenvalue weighted by atomic mass is 35.5. The maximum absolute atomic E-state index is 12.2. The number of aromatic carboxylic acids is 1. The van der Waals surface area contributed by atoms with Gasteiger partial charge in [-0.15, -0.1) is 0 Å². The second kappa shape index (κ2) is 7.12. The molecule has 0 spiro atoms. The molecular weight excluding hydrogens is 346 g/mol. The number of benzene rings is 1. The van der Waals surface area contributed by atoms with E-state index >= 15 is 0 Å². The van der Waals surface area contributed by atoms with Gasteiger partial charge in [-0.05, 0) is 29.7 Å². The van der Waals surface area contributed by atoms with Crippen molar-refractivity contribution in [2.75, 3.05) is 0 Å². The van der Waals surface area contributed by atoms with E-state index in [9.17, 15) is 19.7 Å². The number of hydrogen-bond acceptors (Lipinski definition) is 5. The molecule has 0 fully saturated rings. The number of pyridine rings is 1. The van der Waals surface area contributed by atoms with Gasteiger partial charge in [-0.25, -0.2) is 9.78 Å². The van der Waals surface area contributed by atoms with Gasteiger partial charge in [0.05, 0.1) is 17.9 Å². The Labute approximate surface area is 148 Å². The number of nitrogens with zero attached hydrogens (tertiary/aromatic N) is 1. The minimum Gasteiger partial charge on any atom is -0.534 e. The summed E-state index contributed by atoms with van der Waals surface area (Å²) in [6.45, 7) is 0. The van der Waals surface area contributed by atoms with Crippen LogP contribution in [0.3, 0.4) is 0 Å². The van der Waals surface area contributed by atoms with Gasteiger partial charge < -0.3 is 20.1 Å². The van der Waals surface area contributed by atoms with E-state index in [1.54, 1.807) is 24.3 Å². The first-order valence-corrected chi connectivity index (χ1v) is 7.91. The first kappa shape index (κ1) is 17.3. The van der Waals surface area contributed by atoms with E-state index in [2.05, 4.69) is 10.3 Å². The predicted octanol–water partition coefficient (Wildman–Crippen LogP) is 1.12. The average Bonchev–Trinajstić information content (AvgIpc) is 2.57. The Morgan fingerprint density at radius 2 is 2.16 bits per heavy atom. The van der Waals surface area contributed by atoms with Crippen LogP contribution in [0, 0.1) is 0 Å². The van der Waals surface area contributed by atoms with Crippen molar-refractivity contribution in [1.82, 2.24) is 10.3 Å². The fourth-order valence-electron chi connectivity index (χ4n) is 2.67. The summed E-state index contributed by atoms with van der Waals surface area (Å²) in [6, 6.07) is 7.99. The molecule has 9 heteroatoms. The van der Waals surface area contributed by atoms with Gasteiger partial charge in [0.15, 0.2) is 0 Å². The van der Waals surface area contributed by atoms with Crippen LogP contribution >= 0.6 is 11.6 Å². The van der Waals surface area contributed by atoms with E-state index in [0.717, 1.165) is 0 Å². The SMILES string of the molecule is O=C(Cc1ccc(Cl)nc1)NC1Cc2cccc(C(=O)O)c2OB1O. The van der Waals surface area contributed by atoms with Crippen LogP contribution in [-0.4, -0.2) is 40.1 Å². The molecule has 0 saturated heterocycles. The molecule has 2 aromatic rings. The lowest BCUT2D eigenvalue weighted by atomic mass is 9.72. The van der Waals surface area contributed by atoms with Crippen LogP contribution in [0.15, 0.2) is 36.5 Å². The van der Waals surface area contributed by atoms with Gasteiger partial charge in [-0.1, -0.05) is 29.8 Å². The topological polar surface area (TPSA) is 109 Å². The second-order valence-corrected chi connectivity index (χ2v) is 6.04. The Morgan fingerprint density at radius 1 is 1.36 bits per heavy atom. The lowest BCUT2D eigenvalue weighted by Crippen LogP contribution is -2.53. The van der Waals surface area contributed by atoms with Crippen LogP contribution in [0.5, 0.6) is 5.75 Å².